The summed E-state index contributed by atoms with van der Waals surface area (Å²) in [6.07, 6.45) is 2.50. The SMILES string of the molecule is CC(CCC(=O)NC1CC[C@H](C)N(S(=O)(=O)c2ccccn2)CC1=O)C(N)=O. The van der Waals surface area contributed by atoms with Gasteiger partial charge in [-0.25, -0.2) is 13.4 Å². The van der Waals surface area contributed by atoms with Gasteiger partial charge in [0.05, 0.1) is 12.6 Å². The topological polar surface area (TPSA) is 140 Å². The van der Waals surface area contributed by atoms with Gasteiger partial charge in [-0.05, 0) is 38.3 Å². The largest absolute Gasteiger partial charge is 0.369 e. The van der Waals surface area contributed by atoms with Gasteiger partial charge in [-0.2, -0.15) is 4.31 Å². The number of nitrogens with one attached hydrogen (secondary N) is 1. The van der Waals surface area contributed by atoms with Crippen molar-refractivity contribution in [3.8, 4) is 0 Å². The zero-order valence-corrected chi connectivity index (χ0v) is 16.8. The first kappa shape index (κ1) is 22.0. The molecular formula is C18H26N4O5S. The van der Waals surface area contributed by atoms with Crippen LogP contribution in [0.25, 0.3) is 0 Å². The van der Waals surface area contributed by atoms with E-state index in [2.05, 4.69) is 10.3 Å². The first-order valence-electron chi connectivity index (χ1n) is 9.17. The van der Waals surface area contributed by atoms with E-state index in [4.69, 9.17) is 5.73 Å². The van der Waals surface area contributed by atoms with Crippen molar-refractivity contribution in [2.24, 2.45) is 11.7 Å². The molecule has 0 bridgehead atoms. The zero-order valence-electron chi connectivity index (χ0n) is 16.0. The Kier molecular flexibility index (Phi) is 7.25. The Morgan fingerprint density at radius 1 is 1.36 bits per heavy atom. The highest BCUT2D eigenvalue weighted by atomic mass is 32.2. The van der Waals surface area contributed by atoms with Crippen LogP contribution in [0.3, 0.4) is 0 Å². The lowest BCUT2D eigenvalue weighted by molar-refractivity contribution is -0.128. The number of Topliss-reactive ketones (excluding diaryl/α,β-unsaturated/α-hetero) is 1. The fourth-order valence-electron chi connectivity index (χ4n) is 2.98. The van der Waals surface area contributed by atoms with E-state index >= 15 is 0 Å². The maximum atomic E-state index is 12.8. The monoisotopic (exact) mass is 410 g/mol. The molecule has 0 aromatic carbocycles. The molecule has 1 aliphatic rings. The number of rotatable bonds is 7. The van der Waals surface area contributed by atoms with Crippen LogP contribution >= 0.6 is 0 Å². The predicted molar refractivity (Wildman–Crippen MR) is 101 cm³/mol. The minimum absolute atomic E-state index is 0.0688. The van der Waals surface area contributed by atoms with Crippen molar-refractivity contribution in [1.82, 2.24) is 14.6 Å². The molecule has 0 saturated carbocycles. The first-order chi connectivity index (χ1) is 13.1. The van der Waals surface area contributed by atoms with E-state index in [0.29, 0.717) is 19.3 Å². The van der Waals surface area contributed by atoms with Crippen LogP contribution in [-0.4, -0.2) is 53.9 Å². The minimum Gasteiger partial charge on any atom is -0.369 e. The number of ketones is 1. The van der Waals surface area contributed by atoms with Gasteiger partial charge in [0.25, 0.3) is 10.0 Å². The summed E-state index contributed by atoms with van der Waals surface area (Å²) in [5, 5.41) is 2.54. The van der Waals surface area contributed by atoms with E-state index in [1.807, 2.05) is 0 Å². The van der Waals surface area contributed by atoms with Crippen molar-refractivity contribution >= 4 is 27.6 Å². The molecule has 0 aliphatic carbocycles. The van der Waals surface area contributed by atoms with Crippen molar-refractivity contribution in [3.63, 3.8) is 0 Å². The summed E-state index contributed by atoms with van der Waals surface area (Å²) < 4.78 is 26.8. The molecule has 0 spiro atoms. The van der Waals surface area contributed by atoms with Crippen molar-refractivity contribution in [2.45, 2.75) is 56.6 Å². The van der Waals surface area contributed by atoms with Crippen LogP contribution in [-0.2, 0) is 24.4 Å². The number of carbonyl (C=O) groups excluding carboxylic acids is 3. The Balaban J connectivity index is 2.05. The fraction of sp³-hybridized carbons (Fsp3) is 0.556. The van der Waals surface area contributed by atoms with Gasteiger partial charge >= 0.3 is 0 Å². The minimum atomic E-state index is -3.91. The Morgan fingerprint density at radius 2 is 2.07 bits per heavy atom. The number of hydrogen-bond acceptors (Lipinski definition) is 6. The molecule has 1 fully saturated rings. The number of primary amides is 1. The number of nitrogens with two attached hydrogens (primary N) is 1. The summed E-state index contributed by atoms with van der Waals surface area (Å²) in [5.41, 5.74) is 5.18. The van der Waals surface area contributed by atoms with Crippen LogP contribution in [0.5, 0.6) is 0 Å². The molecule has 2 unspecified atom stereocenters. The molecule has 2 heterocycles. The third-order valence-electron chi connectivity index (χ3n) is 4.90. The van der Waals surface area contributed by atoms with Gasteiger partial charge in [0.15, 0.2) is 10.8 Å². The van der Waals surface area contributed by atoms with E-state index in [-0.39, 0.29) is 29.7 Å². The lowest BCUT2D eigenvalue weighted by Crippen LogP contribution is -2.45. The smallest absolute Gasteiger partial charge is 0.261 e. The van der Waals surface area contributed by atoms with Gasteiger partial charge in [-0.3, -0.25) is 14.4 Å². The first-order valence-corrected chi connectivity index (χ1v) is 10.6. The molecule has 3 atom stereocenters. The molecule has 1 aromatic heterocycles. The molecule has 28 heavy (non-hydrogen) atoms. The summed E-state index contributed by atoms with van der Waals surface area (Å²) >= 11 is 0. The van der Waals surface area contributed by atoms with Crippen LogP contribution in [0.15, 0.2) is 29.4 Å². The summed E-state index contributed by atoms with van der Waals surface area (Å²) in [4.78, 5) is 39.7. The highest BCUT2D eigenvalue weighted by molar-refractivity contribution is 7.89. The molecule has 9 nitrogen and oxygen atoms in total. The van der Waals surface area contributed by atoms with Gasteiger partial charge in [-0.15, -0.1) is 0 Å². The second-order valence-corrected chi connectivity index (χ2v) is 8.91. The van der Waals surface area contributed by atoms with Crippen LogP contribution in [0.2, 0.25) is 0 Å². The molecule has 1 aromatic rings. The summed E-state index contributed by atoms with van der Waals surface area (Å²) in [6.45, 7) is 3.03. The molecular weight excluding hydrogens is 384 g/mol. The van der Waals surface area contributed by atoms with Crippen LogP contribution in [0.4, 0.5) is 0 Å². The summed E-state index contributed by atoms with van der Waals surface area (Å²) in [6, 6.07) is 3.40. The molecule has 10 heteroatoms. The van der Waals surface area contributed by atoms with Gasteiger partial charge in [0.1, 0.15) is 0 Å². The van der Waals surface area contributed by atoms with Crippen LogP contribution < -0.4 is 11.1 Å². The van der Waals surface area contributed by atoms with Gasteiger partial charge in [-0.1, -0.05) is 13.0 Å². The molecule has 154 valence electrons. The Bertz CT molecular complexity index is 828. The number of amides is 2. The average Bonchev–Trinajstić information content (AvgIpc) is 2.80. The summed E-state index contributed by atoms with van der Waals surface area (Å²) in [7, 11) is -3.91. The second-order valence-electron chi connectivity index (χ2n) is 7.07. The number of nitrogens with zero attached hydrogens (tertiary/aromatic N) is 2. The Morgan fingerprint density at radius 3 is 2.68 bits per heavy atom. The molecule has 1 aliphatic heterocycles. The van der Waals surface area contributed by atoms with E-state index in [0.717, 1.165) is 4.31 Å². The van der Waals surface area contributed by atoms with E-state index in [1.54, 1.807) is 26.0 Å². The third-order valence-corrected chi connectivity index (χ3v) is 6.78. The molecule has 0 radical (unpaired) electrons. The van der Waals surface area contributed by atoms with Crippen LogP contribution in [0, 0.1) is 5.92 Å². The van der Waals surface area contributed by atoms with Crippen molar-refractivity contribution in [3.05, 3.63) is 24.4 Å². The molecule has 2 amide bonds. The Labute approximate surface area is 164 Å². The maximum absolute atomic E-state index is 12.8. The standard InChI is InChI=1S/C18H26N4O5S/c1-12(18(19)25)6-9-16(24)21-14-8-7-13(2)22(11-15(14)23)28(26,27)17-5-3-4-10-20-17/h3-5,10,12-14H,6-9,11H2,1-2H3,(H2,19,25)(H,21,24)/t12?,13-,14?/m0/s1. The van der Waals surface area contributed by atoms with E-state index < -0.39 is 33.9 Å². The number of pyridine rings is 1. The maximum Gasteiger partial charge on any atom is 0.261 e. The third kappa shape index (κ3) is 5.35. The number of carbonyl (C=O) groups is 3. The zero-order chi connectivity index (χ0) is 20.9. The second kappa shape index (κ2) is 9.24. The number of aromatic nitrogens is 1. The fourth-order valence-corrected chi connectivity index (χ4v) is 4.54. The summed E-state index contributed by atoms with van der Waals surface area (Å²) in [5.74, 6) is -1.66. The highest BCUT2D eigenvalue weighted by Gasteiger charge is 2.37. The molecule has 1 saturated heterocycles. The molecule has 3 N–H and O–H groups in total. The van der Waals surface area contributed by atoms with E-state index in [1.165, 1.54) is 12.3 Å². The Hall–Kier alpha value is -2.33. The van der Waals surface area contributed by atoms with Crippen molar-refractivity contribution in [2.75, 3.05) is 6.54 Å². The van der Waals surface area contributed by atoms with Crippen molar-refractivity contribution < 1.29 is 22.8 Å². The normalized spacial score (nSPS) is 22.3. The quantitative estimate of drug-likeness (QED) is 0.659. The van der Waals surface area contributed by atoms with Gasteiger partial charge in [0.2, 0.25) is 11.8 Å². The number of sulfonamides is 1. The van der Waals surface area contributed by atoms with Gasteiger partial charge < -0.3 is 11.1 Å². The lowest BCUT2D eigenvalue weighted by Gasteiger charge is -2.24. The lowest BCUT2D eigenvalue weighted by atomic mass is 10.0. The number of hydrogen-bond donors (Lipinski definition) is 2. The average molecular weight is 410 g/mol. The molecule has 2 rings (SSSR count). The van der Waals surface area contributed by atoms with E-state index in [9.17, 15) is 22.8 Å². The van der Waals surface area contributed by atoms with Gasteiger partial charge in [0, 0.05) is 24.6 Å². The predicted octanol–water partition coefficient (Wildman–Crippen LogP) is 0.210. The highest BCUT2D eigenvalue weighted by Crippen LogP contribution is 2.22. The van der Waals surface area contributed by atoms with Crippen molar-refractivity contribution in [1.29, 1.82) is 0 Å². The van der Waals surface area contributed by atoms with Crippen LogP contribution in [0.1, 0.15) is 39.5 Å².